The van der Waals surface area contributed by atoms with Gasteiger partial charge in [0.05, 0.1) is 18.5 Å². The van der Waals surface area contributed by atoms with E-state index in [2.05, 4.69) is 43.4 Å². The van der Waals surface area contributed by atoms with Gasteiger partial charge in [0.1, 0.15) is 11.6 Å². The van der Waals surface area contributed by atoms with Crippen LogP contribution in [-0.2, 0) is 4.79 Å². The number of Topliss-reactive ketones (excluding diaryl/α,β-unsaturated/α-hetero) is 1. The second-order valence-electron chi connectivity index (χ2n) is 10.4. The van der Waals surface area contributed by atoms with Crippen molar-refractivity contribution in [3.63, 3.8) is 0 Å². The highest BCUT2D eigenvalue weighted by molar-refractivity contribution is 6.02. The summed E-state index contributed by atoms with van der Waals surface area (Å²) in [5.74, 6) is 1.73. The first kappa shape index (κ1) is 22.4. The summed E-state index contributed by atoms with van der Waals surface area (Å²) < 4.78 is 7.36. The molecule has 0 bridgehead atoms. The van der Waals surface area contributed by atoms with Gasteiger partial charge in [0.25, 0.3) is 0 Å². The zero-order valence-electron chi connectivity index (χ0n) is 20.8. The van der Waals surface area contributed by atoms with Crippen molar-refractivity contribution in [1.29, 1.82) is 0 Å². The van der Waals surface area contributed by atoms with Crippen molar-refractivity contribution in [2.45, 2.75) is 32.6 Å². The maximum absolute atomic E-state index is 13.7. The second-order valence-corrected chi connectivity index (χ2v) is 10.4. The number of aromatic nitrogens is 2. The summed E-state index contributed by atoms with van der Waals surface area (Å²) in [5.41, 5.74) is 6.76. The molecule has 0 fully saturated rings. The Hall–Kier alpha value is -4.12. The minimum atomic E-state index is -0.191. The molecule has 0 saturated heterocycles. The molecule has 5 nitrogen and oxygen atoms in total. The summed E-state index contributed by atoms with van der Waals surface area (Å²) in [6.45, 7) is 4.33. The summed E-state index contributed by atoms with van der Waals surface area (Å²) in [5, 5.41) is 8.86. The molecule has 1 aliphatic heterocycles. The van der Waals surface area contributed by atoms with E-state index in [1.807, 2.05) is 65.3 Å². The van der Waals surface area contributed by atoms with E-state index in [9.17, 15) is 4.79 Å². The topological polar surface area (TPSA) is 56.1 Å². The van der Waals surface area contributed by atoms with Gasteiger partial charge in [-0.15, -0.1) is 0 Å². The fraction of sp³-hybridized carbons (Fsp3) is 0.226. The first-order chi connectivity index (χ1) is 17.4. The Balaban J connectivity index is 1.64. The van der Waals surface area contributed by atoms with Gasteiger partial charge < -0.3 is 10.1 Å². The van der Waals surface area contributed by atoms with Gasteiger partial charge in [0, 0.05) is 34.7 Å². The van der Waals surface area contributed by atoms with E-state index in [0.29, 0.717) is 6.42 Å². The molecule has 1 aromatic heterocycles. The van der Waals surface area contributed by atoms with E-state index in [1.54, 1.807) is 7.11 Å². The fourth-order valence-electron chi connectivity index (χ4n) is 5.59. The van der Waals surface area contributed by atoms with Gasteiger partial charge in [-0.25, -0.2) is 4.68 Å². The van der Waals surface area contributed by atoms with Crippen LogP contribution in [0.3, 0.4) is 0 Å². The summed E-state index contributed by atoms with van der Waals surface area (Å²) in [6, 6.07) is 28.5. The Morgan fingerprint density at radius 1 is 0.917 bits per heavy atom. The first-order valence-corrected chi connectivity index (χ1v) is 12.4. The van der Waals surface area contributed by atoms with E-state index in [-0.39, 0.29) is 17.1 Å². The molecule has 180 valence electrons. The van der Waals surface area contributed by atoms with E-state index in [0.717, 1.165) is 57.3 Å². The standard InChI is InChI=1S/C31H29N3O2/c1-31(2)18-24-27(25(35)19-31)26(20-10-6-4-7-11-20)28-29(21-12-8-5-9-13-21)33-34(30(28)32-24)22-14-16-23(36-3)17-15-22/h4-17,26,32H,18-19H2,1-3H3. The highest BCUT2D eigenvalue weighted by Crippen LogP contribution is 2.52. The maximum Gasteiger partial charge on any atom is 0.162 e. The average Bonchev–Trinajstić information content (AvgIpc) is 3.27. The molecule has 2 heterocycles. The third-order valence-corrected chi connectivity index (χ3v) is 7.19. The number of benzene rings is 3. The van der Waals surface area contributed by atoms with Gasteiger partial charge in [-0.1, -0.05) is 74.5 Å². The number of anilines is 1. The molecular formula is C31H29N3O2. The van der Waals surface area contributed by atoms with Gasteiger partial charge in [0.2, 0.25) is 0 Å². The molecule has 1 unspecified atom stereocenters. The largest absolute Gasteiger partial charge is 0.497 e. The van der Waals surface area contributed by atoms with Crippen LogP contribution in [0.15, 0.2) is 96.2 Å². The van der Waals surface area contributed by atoms with Crippen LogP contribution in [0, 0.1) is 5.41 Å². The highest BCUT2D eigenvalue weighted by atomic mass is 16.5. The molecule has 0 amide bonds. The molecular weight excluding hydrogens is 446 g/mol. The van der Waals surface area contributed by atoms with Crippen molar-refractivity contribution in [3.8, 4) is 22.7 Å². The van der Waals surface area contributed by atoms with Crippen molar-refractivity contribution >= 4 is 11.6 Å². The minimum absolute atomic E-state index is 0.102. The zero-order valence-corrected chi connectivity index (χ0v) is 20.8. The lowest BCUT2D eigenvalue weighted by Gasteiger charge is -2.38. The number of nitrogens with zero attached hydrogens (tertiary/aromatic N) is 2. The molecule has 0 saturated carbocycles. The summed E-state index contributed by atoms with van der Waals surface area (Å²) in [7, 11) is 1.67. The van der Waals surface area contributed by atoms with Crippen molar-refractivity contribution in [2.75, 3.05) is 12.4 Å². The quantitative estimate of drug-likeness (QED) is 0.355. The number of ether oxygens (including phenoxy) is 1. The fourth-order valence-corrected chi connectivity index (χ4v) is 5.59. The monoisotopic (exact) mass is 475 g/mol. The Bertz CT molecular complexity index is 1470. The van der Waals surface area contributed by atoms with Crippen molar-refractivity contribution in [3.05, 3.63) is 107 Å². The first-order valence-electron chi connectivity index (χ1n) is 12.4. The van der Waals surface area contributed by atoms with Gasteiger partial charge in [-0.3, -0.25) is 4.79 Å². The molecule has 1 aliphatic carbocycles. The van der Waals surface area contributed by atoms with E-state index in [1.165, 1.54) is 0 Å². The number of ketones is 1. The van der Waals surface area contributed by atoms with Crippen LogP contribution in [0.25, 0.3) is 16.9 Å². The summed E-state index contributed by atoms with van der Waals surface area (Å²) >= 11 is 0. The lowest BCUT2D eigenvalue weighted by Crippen LogP contribution is -2.34. The summed E-state index contributed by atoms with van der Waals surface area (Å²) in [6.07, 6.45) is 1.35. The number of allylic oxidation sites excluding steroid dienone is 2. The number of rotatable bonds is 4. The molecule has 36 heavy (non-hydrogen) atoms. The number of hydrogen-bond acceptors (Lipinski definition) is 4. The molecule has 0 radical (unpaired) electrons. The number of fused-ring (bicyclic) bond motifs is 1. The molecule has 1 N–H and O–H groups in total. The van der Waals surface area contributed by atoms with Gasteiger partial charge >= 0.3 is 0 Å². The highest BCUT2D eigenvalue weighted by Gasteiger charge is 2.43. The van der Waals surface area contributed by atoms with Crippen LogP contribution in [0.1, 0.15) is 43.7 Å². The summed E-state index contributed by atoms with van der Waals surface area (Å²) in [4.78, 5) is 13.7. The lowest BCUT2D eigenvalue weighted by atomic mass is 9.69. The van der Waals surface area contributed by atoms with E-state index < -0.39 is 0 Å². The van der Waals surface area contributed by atoms with Crippen molar-refractivity contribution in [2.24, 2.45) is 5.41 Å². The third kappa shape index (κ3) is 3.72. The van der Waals surface area contributed by atoms with Crippen LogP contribution >= 0.6 is 0 Å². The molecule has 1 atom stereocenters. The predicted octanol–water partition coefficient (Wildman–Crippen LogP) is 6.75. The van der Waals surface area contributed by atoms with Crippen molar-refractivity contribution < 1.29 is 9.53 Å². The Morgan fingerprint density at radius 3 is 2.25 bits per heavy atom. The Labute approximate surface area is 211 Å². The number of hydrogen-bond donors (Lipinski definition) is 1. The van der Waals surface area contributed by atoms with Gasteiger partial charge in [-0.2, -0.15) is 5.10 Å². The van der Waals surface area contributed by atoms with Crippen LogP contribution in [0.4, 0.5) is 5.82 Å². The molecule has 5 heteroatoms. The van der Waals surface area contributed by atoms with Crippen LogP contribution in [0.2, 0.25) is 0 Å². The number of carbonyl (C=O) groups excluding carboxylic acids is 1. The Morgan fingerprint density at radius 2 is 1.58 bits per heavy atom. The second kappa shape index (κ2) is 8.52. The molecule has 2 aliphatic rings. The van der Waals surface area contributed by atoms with Crippen LogP contribution < -0.4 is 10.1 Å². The molecule has 6 rings (SSSR count). The van der Waals surface area contributed by atoms with Gasteiger partial charge in [-0.05, 0) is 41.7 Å². The zero-order chi connectivity index (χ0) is 24.9. The predicted molar refractivity (Wildman–Crippen MR) is 143 cm³/mol. The molecule has 4 aromatic rings. The maximum atomic E-state index is 13.7. The van der Waals surface area contributed by atoms with Gasteiger partial charge in [0.15, 0.2) is 5.78 Å². The lowest BCUT2D eigenvalue weighted by molar-refractivity contribution is -0.118. The number of carbonyl (C=O) groups is 1. The normalized spacial score (nSPS) is 18.3. The number of methoxy groups -OCH3 is 1. The molecule has 0 spiro atoms. The number of nitrogens with one attached hydrogen (secondary N) is 1. The SMILES string of the molecule is COc1ccc(-n2nc(-c3ccccc3)c3c2NC2=C(C(=O)CC(C)(C)C2)C3c2ccccc2)cc1. The smallest absolute Gasteiger partial charge is 0.162 e. The van der Waals surface area contributed by atoms with Crippen molar-refractivity contribution in [1.82, 2.24) is 9.78 Å². The molecule has 3 aromatic carbocycles. The Kier molecular flexibility index (Phi) is 5.29. The van der Waals surface area contributed by atoms with E-state index >= 15 is 0 Å². The van der Waals surface area contributed by atoms with E-state index in [4.69, 9.17) is 9.84 Å². The van der Waals surface area contributed by atoms with Crippen LogP contribution in [0.5, 0.6) is 5.75 Å². The van der Waals surface area contributed by atoms with Crippen LogP contribution in [-0.4, -0.2) is 22.7 Å². The minimum Gasteiger partial charge on any atom is -0.497 e. The third-order valence-electron chi connectivity index (χ3n) is 7.19. The average molecular weight is 476 g/mol.